The summed E-state index contributed by atoms with van der Waals surface area (Å²) >= 11 is 1.49. The molecule has 0 fully saturated rings. The second-order valence-electron chi connectivity index (χ2n) is 4.44. The van der Waals surface area contributed by atoms with Gasteiger partial charge >= 0.3 is 0 Å². The topological polar surface area (TPSA) is 85.2 Å². The van der Waals surface area contributed by atoms with Crippen LogP contribution in [0.25, 0.3) is 10.6 Å². The summed E-state index contributed by atoms with van der Waals surface area (Å²) in [4.78, 5) is 27.5. The van der Waals surface area contributed by atoms with E-state index < -0.39 is 6.17 Å². The molecule has 7 nitrogen and oxygen atoms in total. The number of hydrogen-bond acceptors (Lipinski definition) is 8. The fourth-order valence-electron chi connectivity index (χ4n) is 1.95. The maximum atomic E-state index is 5.43. The summed E-state index contributed by atoms with van der Waals surface area (Å²) in [6.07, 6.45) is 8.19. The van der Waals surface area contributed by atoms with Crippen LogP contribution >= 0.6 is 11.3 Å². The van der Waals surface area contributed by atoms with E-state index in [-0.39, 0.29) is 0 Å². The molecule has 1 aliphatic rings. The first kappa shape index (κ1) is 13.0. The third-order valence-corrected chi connectivity index (χ3v) is 4.00. The van der Waals surface area contributed by atoms with E-state index in [0.717, 1.165) is 15.4 Å². The molecule has 0 radical (unpaired) electrons. The van der Waals surface area contributed by atoms with Crippen LogP contribution in [0.3, 0.4) is 0 Å². The van der Waals surface area contributed by atoms with Gasteiger partial charge in [-0.25, -0.2) is 19.9 Å². The van der Waals surface area contributed by atoms with Crippen LogP contribution in [0.15, 0.2) is 54.2 Å². The number of hydrogen-bond donors (Lipinski definition) is 1. The summed E-state index contributed by atoms with van der Waals surface area (Å²) in [5.74, 6) is 1.06. The SMILES string of the molecule is c1cnc(C2N=C(c3cnc(-c4cccnc4)s3)ON2)nc1. The lowest BCUT2D eigenvalue weighted by Crippen LogP contribution is -2.16. The molecular formula is C14H10N6OS. The predicted octanol–water partition coefficient (Wildman–Crippen LogP) is 1.98. The lowest BCUT2D eigenvalue weighted by atomic mass is 10.3. The Balaban J connectivity index is 1.60. The average molecular weight is 310 g/mol. The summed E-state index contributed by atoms with van der Waals surface area (Å²) in [6, 6.07) is 5.60. The number of nitrogens with one attached hydrogen (secondary N) is 1. The molecule has 0 saturated heterocycles. The van der Waals surface area contributed by atoms with Crippen LogP contribution in [0.2, 0.25) is 0 Å². The molecule has 3 aromatic heterocycles. The van der Waals surface area contributed by atoms with E-state index in [0.29, 0.717) is 11.7 Å². The number of pyridine rings is 1. The molecule has 0 spiro atoms. The van der Waals surface area contributed by atoms with Gasteiger partial charge in [-0.05, 0) is 18.2 Å². The van der Waals surface area contributed by atoms with Gasteiger partial charge in [0.1, 0.15) is 9.88 Å². The fourth-order valence-corrected chi connectivity index (χ4v) is 2.79. The van der Waals surface area contributed by atoms with E-state index in [1.165, 1.54) is 11.3 Å². The van der Waals surface area contributed by atoms with Gasteiger partial charge < -0.3 is 4.84 Å². The van der Waals surface area contributed by atoms with E-state index in [1.54, 1.807) is 37.1 Å². The van der Waals surface area contributed by atoms with Crippen molar-refractivity contribution in [2.24, 2.45) is 4.99 Å². The molecule has 1 N–H and O–H groups in total. The van der Waals surface area contributed by atoms with Crippen molar-refractivity contribution >= 4 is 17.2 Å². The molecule has 4 heterocycles. The number of thiazole rings is 1. The Morgan fingerprint density at radius 1 is 1.05 bits per heavy atom. The van der Waals surface area contributed by atoms with Crippen molar-refractivity contribution in [2.75, 3.05) is 0 Å². The molecule has 1 unspecified atom stereocenters. The maximum Gasteiger partial charge on any atom is 0.254 e. The van der Waals surface area contributed by atoms with Gasteiger partial charge in [0.2, 0.25) is 0 Å². The number of hydroxylamine groups is 1. The van der Waals surface area contributed by atoms with Gasteiger partial charge in [0.05, 0.1) is 6.20 Å². The van der Waals surface area contributed by atoms with Crippen molar-refractivity contribution in [2.45, 2.75) is 6.17 Å². The number of nitrogens with zero attached hydrogens (tertiary/aromatic N) is 5. The Hall–Kier alpha value is -2.71. The molecule has 0 amide bonds. The summed E-state index contributed by atoms with van der Waals surface area (Å²) in [6.45, 7) is 0. The zero-order valence-electron chi connectivity index (χ0n) is 11.2. The Morgan fingerprint density at radius 2 is 1.95 bits per heavy atom. The highest BCUT2D eigenvalue weighted by atomic mass is 32.1. The molecule has 0 aromatic carbocycles. The van der Waals surface area contributed by atoms with Crippen LogP contribution in [-0.4, -0.2) is 25.8 Å². The zero-order valence-corrected chi connectivity index (χ0v) is 12.1. The van der Waals surface area contributed by atoms with Gasteiger partial charge in [0.15, 0.2) is 12.0 Å². The predicted molar refractivity (Wildman–Crippen MR) is 80.9 cm³/mol. The van der Waals surface area contributed by atoms with Gasteiger partial charge in [-0.3, -0.25) is 4.98 Å². The van der Waals surface area contributed by atoms with E-state index in [2.05, 4.69) is 30.4 Å². The van der Waals surface area contributed by atoms with Crippen molar-refractivity contribution in [3.63, 3.8) is 0 Å². The van der Waals surface area contributed by atoms with E-state index in [9.17, 15) is 0 Å². The lowest BCUT2D eigenvalue weighted by Gasteiger charge is -2.02. The first-order valence-electron chi connectivity index (χ1n) is 6.54. The molecule has 0 aliphatic carbocycles. The molecule has 0 saturated carbocycles. The van der Waals surface area contributed by atoms with Crippen molar-refractivity contribution < 1.29 is 4.84 Å². The van der Waals surface area contributed by atoms with Gasteiger partial charge in [-0.1, -0.05) is 0 Å². The average Bonchev–Trinajstić information content (AvgIpc) is 3.26. The van der Waals surface area contributed by atoms with Gasteiger partial charge in [0.25, 0.3) is 5.90 Å². The molecule has 1 atom stereocenters. The highest BCUT2D eigenvalue weighted by Crippen LogP contribution is 2.27. The molecule has 0 bridgehead atoms. The monoisotopic (exact) mass is 310 g/mol. The molecule has 1 aliphatic heterocycles. The second-order valence-corrected chi connectivity index (χ2v) is 5.47. The summed E-state index contributed by atoms with van der Waals surface area (Å²) in [5.41, 5.74) is 3.77. The smallest absolute Gasteiger partial charge is 0.254 e. The van der Waals surface area contributed by atoms with Crippen molar-refractivity contribution in [1.29, 1.82) is 0 Å². The summed E-state index contributed by atoms with van der Waals surface area (Å²) in [5, 5.41) is 0.869. The third kappa shape index (κ3) is 2.45. The van der Waals surface area contributed by atoms with Crippen LogP contribution in [0.1, 0.15) is 16.9 Å². The summed E-state index contributed by atoms with van der Waals surface area (Å²) in [7, 11) is 0. The standard InChI is InChI=1S/C14H10N6OS/c1-3-9(7-15-4-1)14-18-8-10(22-14)13-19-12(20-21-13)11-16-5-2-6-17-11/h1-8,12,20H. The minimum Gasteiger partial charge on any atom is -0.385 e. The van der Waals surface area contributed by atoms with Gasteiger partial charge in [0, 0.05) is 30.4 Å². The zero-order chi connectivity index (χ0) is 14.8. The van der Waals surface area contributed by atoms with Crippen molar-refractivity contribution in [3.05, 3.63) is 59.9 Å². The van der Waals surface area contributed by atoms with Gasteiger partial charge in [-0.2, -0.15) is 0 Å². The minimum atomic E-state index is -0.403. The molecule has 22 heavy (non-hydrogen) atoms. The molecule has 8 heteroatoms. The van der Waals surface area contributed by atoms with Gasteiger partial charge in [-0.15, -0.1) is 16.8 Å². The van der Waals surface area contributed by atoms with Crippen LogP contribution in [0.5, 0.6) is 0 Å². The Morgan fingerprint density at radius 3 is 2.77 bits per heavy atom. The maximum absolute atomic E-state index is 5.43. The normalized spacial score (nSPS) is 17.1. The highest BCUT2D eigenvalue weighted by Gasteiger charge is 2.24. The van der Waals surface area contributed by atoms with Crippen LogP contribution in [0, 0.1) is 0 Å². The van der Waals surface area contributed by atoms with Crippen LogP contribution < -0.4 is 5.48 Å². The number of aliphatic imine (C=N–C) groups is 1. The van der Waals surface area contributed by atoms with Crippen molar-refractivity contribution in [3.8, 4) is 10.6 Å². The molecular weight excluding hydrogens is 300 g/mol. The summed E-state index contributed by atoms with van der Waals surface area (Å²) < 4.78 is 0. The van der Waals surface area contributed by atoms with Crippen molar-refractivity contribution in [1.82, 2.24) is 25.4 Å². The van der Waals surface area contributed by atoms with E-state index in [4.69, 9.17) is 4.84 Å². The first-order chi connectivity index (χ1) is 10.9. The number of rotatable bonds is 3. The van der Waals surface area contributed by atoms with Crippen LogP contribution in [0.4, 0.5) is 0 Å². The molecule has 3 aromatic rings. The third-order valence-electron chi connectivity index (χ3n) is 2.97. The lowest BCUT2D eigenvalue weighted by molar-refractivity contribution is 0.177. The Bertz CT molecular complexity index is 804. The fraction of sp³-hybridized carbons (Fsp3) is 0.0714. The van der Waals surface area contributed by atoms with Crippen LogP contribution in [-0.2, 0) is 4.84 Å². The van der Waals surface area contributed by atoms with E-state index >= 15 is 0 Å². The Labute approximate surface area is 129 Å². The first-order valence-corrected chi connectivity index (χ1v) is 7.35. The highest BCUT2D eigenvalue weighted by molar-refractivity contribution is 7.16. The largest absolute Gasteiger partial charge is 0.385 e. The Kier molecular flexibility index (Phi) is 3.30. The van der Waals surface area contributed by atoms with E-state index in [1.807, 2.05) is 12.1 Å². The quantitative estimate of drug-likeness (QED) is 0.796. The second kappa shape index (κ2) is 5.58. The molecule has 4 rings (SSSR count). The number of aromatic nitrogens is 4. The molecule has 108 valence electrons. The minimum absolute atomic E-state index is 0.403.